The highest BCUT2D eigenvalue weighted by molar-refractivity contribution is 9.10. The number of carbonyl (C=O) groups is 1. The molecule has 1 aliphatic heterocycles. The first-order valence-electron chi connectivity index (χ1n) is 5.78. The minimum Gasteiger partial charge on any atom is -0.302 e. The molecular weight excluding hydrogens is 318 g/mol. The third-order valence-corrected chi connectivity index (χ3v) is 5.54. The Labute approximate surface area is 115 Å². The van der Waals surface area contributed by atoms with E-state index in [0.717, 1.165) is 23.6 Å². The zero-order valence-electron chi connectivity index (χ0n) is 9.75. The molecule has 1 atom stereocenters. The zero-order valence-corrected chi connectivity index (χ0v) is 12.2. The lowest BCUT2D eigenvalue weighted by atomic mass is 10.1. The summed E-state index contributed by atoms with van der Waals surface area (Å²) in [6.45, 7) is 0.418. The van der Waals surface area contributed by atoms with Crippen molar-refractivity contribution in [2.24, 2.45) is 0 Å². The zero-order chi connectivity index (χ0) is 13.2. The van der Waals surface area contributed by atoms with Crippen LogP contribution in [0, 0.1) is 0 Å². The van der Waals surface area contributed by atoms with Crippen molar-refractivity contribution in [3.8, 4) is 0 Å². The van der Waals surface area contributed by atoms with Crippen LogP contribution in [-0.4, -0.2) is 31.6 Å². The summed E-state index contributed by atoms with van der Waals surface area (Å²) in [7, 11) is -3.56. The van der Waals surface area contributed by atoms with Gasteiger partial charge in [0.2, 0.25) is 10.0 Å². The predicted molar refractivity (Wildman–Crippen MR) is 71.7 cm³/mol. The topological polar surface area (TPSA) is 54.5 Å². The van der Waals surface area contributed by atoms with Crippen LogP contribution < -0.4 is 0 Å². The molecule has 0 aromatic heterocycles. The molecule has 18 heavy (non-hydrogen) atoms. The molecule has 1 aliphatic rings. The molecule has 98 valence electrons. The lowest BCUT2D eigenvalue weighted by molar-refractivity contribution is -0.111. The quantitative estimate of drug-likeness (QED) is 0.798. The maximum Gasteiger partial charge on any atom is 0.243 e. The van der Waals surface area contributed by atoms with Crippen LogP contribution in [0.1, 0.15) is 19.3 Å². The number of benzene rings is 1. The van der Waals surface area contributed by atoms with E-state index in [1.165, 1.54) is 4.31 Å². The van der Waals surface area contributed by atoms with Gasteiger partial charge in [-0.1, -0.05) is 22.4 Å². The van der Waals surface area contributed by atoms with Crippen LogP contribution in [0.25, 0.3) is 0 Å². The predicted octanol–water partition coefficient (Wildman–Crippen LogP) is 2.19. The third-order valence-electron chi connectivity index (χ3n) is 3.08. The first-order valence-corrected chi connectivity index (χ1v) is 8.02. The largest absolute Gasteiger partial charge is 0.302 e. The summed E-state index contributed by atoms with van der Waals surface area (Å²) in [5.74, 6) is 0. The van der Waals surface area contributed by atoms with Crippen molar-refractivity contribution in [2.75, 3.05) is 6.54 Å². The highest BCUT2D eigenvalue weighted by atomic mass is 79.9. The van der Waals surface area contributed by atoms with Crippen molar-refractivity contribution in [3.05, 3.63) is 28.7 Å². The van der Waals surface area contributed by atoms with Gasteiger partial charge >= 0.3 is 0 Å². The minimum absolute atomic E-state index is 0.236. The number of hydrogen-bond acceptors (Lipinski definition) is 3. The Bertz CT molecular complexity index is 527. The van der Waals surface area contributed by atoms with Crippen molar-refractivity contribution in [2.45, 2.75) is 30.2 Å². The van der Waals surface area contributed by atoms with Gasteiger partial charge in [0.05, 0.1) is 10.9 Å². The highest BCUT2D eigenvalue weighted by Gasteiger charge is 2.33. The molecule has 0 amide bonds. The first kappa shape index (κ1) is 13.7. The fourth-order valence-corrected chi connectivity index (χ4v) is 4.00. The van der Waals surface area contributed by atoms with Crippen LogP contribution in [0.15, 0.2) is 33.6 Å². The van der Waals surface area contributed by atoms with E-state index >= 15 is 0 Å². The number of rotatable bonds is 3. The summed E-state index contributed by atoms with van der Waals surface area (Å²) in [6.07, 6.45) is 3.05. The standard InChI is InChI=1S/C12H14BrNO3S/c13-10-4-6-12(7-5-10)18(16,17)14-8-2-1-3-11(14)9-15/h4-7,9,11H,1-3,8H2. The molecule has 1 unspecified atom stereocenters. The van der Waals surface area contributed by atoms with Crippen LogP contribution in [0.5, 0.6) is 0 Å². The van der Waals surface area contributed by atoms with Crippen molar-refractivity contribution in [1.82, 2.24) is 4.31 Å². The molecule has 1 aromatic carbocycles. The minimum atomic E-state index is -3.56. The van der Waals surface area contributed by atoms with Gasteiger partial charge in [-0.2, -0.15) is 4.31 Å². The van der Waals surface area contributed by atoms with Crippen LogP contribution >= 0.6 is 15.9 Å². The summed E-state index contributed by atoms with van der Waals surface area (Å²) in [5, 5.41) is 0. The molecule has 1 aromatic rings. The first-order chi connectivity index (χ1) is 8.55. The SMILES string of the molecule is O=CC1CCCCN1S(=O)(=O)c1ccc(Br)cc1. The van der Waals surface area contributed by atoms with Crippen molar-refractivity contribution in [1.29, 1.82) is 0 Å². The summed E-state index contributed by atoms with van der Waals surface area (Å²) in [4.78, 5) is 11.2. The summed E-state index contributed by atoms with van der Waals surface area (Å²) in [6, 6.07) is 5.96. The molecule has 0 aliphatic carbocycles. The Balaban J connectivity index is 2.34. The molecule has 2 rings (SSSR count). The van der Waals surface area contributed by atoms with Crippen LogP contribution in [0.3, 0.4) is 0 Å². The van der Waals surface area contributed by atoms with Crippen molar-refractivity contribution < 1.29 is 13.2 Å². The Hall–Kier alpha value is -0.720. The van der Waals surface area contributed by atoms with E-state index in [2.05, 4.69) is 15.9 Å². The Kier molecular flexibility index (Phi) is 4.19. The van der Waals surface area contributed by atoms with E-state index in [0.29, 0.717) is 13.0 Å². The van der Waals surface area contributed by atoms with E-state index < -0.39 is 16.1 Å². The molecule has 0 saturated carbocycles. The molecule has 4 nitrogen and oxygen atoms in total. The lowest BCUT2D eigenvalue weighted by Gasteiger charge is -2.31. The average Bonchev–Trinajstić information content (AvgIpc) is 2.39. The van der Waals surface area contributed by atoms with Gasteiger partial charge in [-0.25, -0.2) is 8.42 Å². The van der Waals surface area contributed by atoms with Crippen LogP contribution in [-0.2, 0) is 14.8 Å². The van der Waals surface area contributed by atoms with Gasteiger partial charge in [-0.05, 0) is 37.1 Å². The molecule has 0 N–H and O–H groups in total. The van der Waals surface area contributed by atoms with Gasteiger partial charge in [0.1, 0.15) is 6.29 Å². The lowest BCUT2D eigenvalue weighted by Crippen LogP contribution is -2.44. The molecule has 0 bridgehead atoms. The smallest absolute Gasteiger partial charge is 0.243 e. The van der Waals surface area contributed by atoms with Gasteiger partial charge in [-0.3, -0.25) is 0 Å². The monoisotopic (exact) mass is 331 g/mol. The number of halogens is 1. The summed E-state index contributed by atoms with van der Waals surface area (Å²) >= 11 is 3.27. The van der Waals surface area contributed by atoms with E-state index in [9.17, 15) is 13.2 Å². The number of hydrogen-bond donors (Lipinski definition) is 0. The maximum absolute atomic E-state index is 12.4. The second kappa shape index (κ2) is 5.50. The Morgan fingerprint density at radius 2 is 1.89 bits per heavy atom. The number of piperidine rings is 1. The maximum atomic E-state index is 12.4. The molecular formula is C12H14BrNO3S. The number of aldehydes is 1. The van der Waals surface area contributed by atoms with Crippen molar-refractivity contribution in [3.63, 3.8) is 0 Å². The van der Waals surface area contributed by atoms with E-state index in [-0.39, 0.29) is 4.90 Å². The normalized spacial score (nSPS) is 21.7. The average molecular weight is 332 g/mol. The van der Waals surface area contributed by atoms with Crippen LogP contribution in [0.4, 0.5) is 0 Å². The van der Waals surface area contributed by atoms with E-state index in [1.54, 1.807) is 24.3 Å². The van der Waals surface area contributed by atoms with E-state index in [1.807, 2.05) is 0 Å². The van der Waals surface area contributed by atoms with Gasteiger partial charge < -0.3 is 4.79 Å². The second-order valence-corrected chi connectivity index (χ2v) is 7.08. The molecule has 1 heterocycles. The molecule has 6 heteroatoms. The summed E-state index contributed by atoms with van der Waals surface area (Å²) in [5.41, 5.74) is 0. The van der Waals surface area contributed by atoms with Gasteiger partial charge in [-0.15, -0.1) is 0 Å². The third kappa shape index (κ3) is 2.65. The number of sulfonamides is 1. The second-order valence-electron chi connectivity index (χ2n) is 4.27. The summed E-state index contributed by atoms with van der Waals surface area (Å²) < 4.78 is 27.0. The van der Waals surface area contributed by atoms with Gasteiger partial charge in [0.15, 0.2) is 0 Å². The fourth-order valence-electron chi connectivity index (χ4n) is 2.11. The number of carbonyl (C=O) groups excluding carboxylic acids is 1. The van der Waals surface area contributed by atoms with E-state index in [4.69, 9.17) is 0 Å². The highest BCUT2D eigenvalue weighted by Crippen LogP contribution is 2.25. The molecule has 0 radical (unpaired) electrons. The number of nitrogens with zero attached hydrogens (tertiary/aromatic N) is 1. The van der Waals surface area contributed by atoms with Crippen LogP contribution in [0.2, 0.25) is 0 Å². The van der Waals surface area contributed by atoms with Crippen molar-refractivity contribution >= 4 is 32.2 Å². The molecule has 1 fully saturated rings. The molecule has 0 spiro atoms. The Morgan fingerprint density at radius 1 is 1.22 bits per heavy atom. The van der Waals surface area contributed by atoms with Gasteiger partial charge in [0.25, 0.3) is 0 Å². The fraction of sp³-hybridized carbons (Fsp3) is 0.417. The molecule has 1 saturated heterocycles. The Morgan fingerprint density at radius 3 is 2.50 bits per heavy atom. The van der Waals surface area contributed by atoms with Gasteiger partial charge in [0, 0.05) is 11.0 Å².